The van der Waals surface area contributed by atoms with Crippen LogP contribution in [0, 0.1) is 9.49 Å². The fraction of sp³-hybridized carbons (Fsp3) is 0.462. The van der Waals surface area contributed by atoms with Crippen LogP contribution in [0.4, 0.5) is 0 Å². The lowest BCUT2D eigenvalue weighted by Crippen LogP contribution is -2.43. The summed E-state index contributed by atoms with van der Waals surface area (Å²) in [5.41, 5.74) is 0.766. The van der Waals surface area contributed by atoms with Gasteiger partial charge in [-0.25, -0.2) is 0 Å². The summed E-state index contributed by atoms with van der Waals surface area (Å²) in [6, 6.07) is 5.88. The normalized spacial score (nSPS) is 24.1. The Morgan fingerprint density at radius 3 is 2.89 bits per heavy atom. The highest BCUT2D eigenvalue weighted by Gasteiger charge is 2.28. The number of carbonyl (C=O) groups is 1. The van der Waals surface area contributed by atoms with Crippen LogP contribution in [0.25, 0.3) is 0 Å². The number of amides is 1. The Balaban J connectivity index is 2.19. The first-order valence-electron chi connectivity index (χ1n) is 5.87. The minimum Gasteiger partial charge on any atom is -0.338 e. The van der Waals surface area contributed by atoms with Crippen LogP contribution in [0.5, 0.6) is 0 Å². The summed E-state index contributed by atoms with van der Waals surface area (Å²) in [7, 11) is 0. The zero-order chi connectivity index (χ0) is 13.3. The minimum absolute atomic E-state index is 0.131. The third-order valence-corrected chi connectivity index (χ3v) is 5.97. The monoisotopic (exact) mass is 485 g/mol. The zero-order valence-corrected chi connectivity index (χ0v) is 15.3. The summed E-state index contributed by atoms with van der Waals surface area (Å²) in [6.07, 6.45) is 1.02. The van der Waals surface area contributed by atoms with Gasteiger partial charge in [-0.1, -0.05) is 22.9 Å². The third-order valence-electron chi connectivity index (χ3n) is 3.25. The van der Waals surface area contributed by atoms with Crippen LogP contribution in [-0.4, -0.2) is 28.7 Å². The lowest BCUT2D eigenvalue weighted by Gasteiger charge is -2.34. The van der Waals surface area contributed by atoms with E-state index in [-0.39, 0.29) is 5.91 Å². The molecule has 0 spiro atoms. The molecule has 0 bridgehead atoms. The number of halogens is 3. The van der Waals surface area contributed by atoms with Gasteiger partial charge >= 0.3 is 0 Å². The Bertz CT molecular complexity index is 466. The van der Waals surface area contributed by atoms with E-state index in [4.69, 9.17) is 0 Å². The Labute approximate surface area is 138 Å². The van der Waals surface area contributed by atoms with Crippen molar-refractivity contribution in [2.24, 2.45) is 5.92 Å². The first-order valence-corrected chi connectivity index (χ1v) is 8.66. The molecule has 1 fully saturated rings. The van der Waals surface area contributed by atoms with E-state index < -0.39 is 0 Å². The van der Waals surface area contributed by atoms with Gasteiger partial charge < -0.3 is 4.90 Å². The molecule has 0 saturated carbocycles. The molecule has 98 valence electrons. The molecule has 2 rings (SSSR count). The van der Waals surface area contributed by atoms with Crippen LogP contribution in [0.1, 0.15) is 23.7 Å². The summed E-state index contributed by atoms with van der Waals surface area (Å²) < 4.78 is 1.96. The van der Waals surface area contributed by atoms with Crippen molar-refractivity contribution in [3.05, 3.63) is 31.8 Å². The van der Waals surface area contributed by atoms with E-state index in [1.54, 1.807) is 0 Å². The van der Waals surface area contributed by atoms with Crippen molar-refractivity contribution in [1.29, 1.82) is 0 Å². The van der Waals surface area contributed by atoms with E-state index in [2.05, 4.69) is 61.4 Å². The molecule has 0 aromatic heterocycles. The molecule has 1 amide bonds. The van der Waals surface area contributed by atoms with E-state index in [1.807, 2.05) is 23.1 Å². The number of carbonyl (C=O) groups excluding carboxylic acids is 1. The maximum absolute atomic E-state index is 12.5. The number of rotatable bonds is 1. The third kappa shape index (κ3) is 3.28. The van der Waals surface area contributed by atoms with E-state index in [0.717, 1.165) is 33.1 Å². The smallest absolute Gasteiger partial charge is 0.255 e. The molecule has 1 aliphatic heterocycles. The van der Waals surface area contributed by atoms with Gasteiger partial charge in [0, 0.05) is 26.0 Å². The summed E-state index contributed by atoms with van der Waals surface area (Å²) in [5.74, 6) is 0.635. The minimum atomic E-state index is 0.131. The highest BCUT2D eigenvalue weighted by molar-refractivity contribution is 14.1. The SMILES string of the molecule is CC1CN(C(=O)c2cc(I)ccc2Br)CCC1Br. The molecule has 1 aromatic rings. The number of likely N-dealkylation sites (tertiary alicyclic amines) is 1. The van der Waals surface area contributed by atoms with Gasteiger partial charge in [-0.05, 0) is 69.1 Å². The lowest BCUT2D eigenvalue weighted by molar-refractivity contribution is 0.0689. The summed E-state index contributed by atoms with van der Waals surface area (Å²) in [4.78, 5) is 15.0. The van der Waals surface area contributed by atoms with Gasteiger partial charge in [0.1, 0.15) is 0 Å². The molecule has 0 aliphatic carbocycles. The van der Waals surface area contributed by atoms with Crippen molar-refractivity contribution in [2.75, 3.05) is 13.1 Å². The van der Waals surface area contributed by atoms with E-state index >= 15 is 0 Å². The Kier molecular flexibility index (Phi) is 5.11. The number of hydrogen-bond donors (Lipinski definition) is 0. The first kappa shape index (κ1) is 14.8. The molecule has 1 heterocycles. The predicted molar refractivity (Wildman–Crippen MR) is 89.3 cm³/mol. The summed E-state index contributed by atoms with van der Waals surface area (Å²) in [5, 5.41) is 0. The molecular formula is C13H14Br2INO. The van der Waals surface area contributed by atoms with E-state index in [0.29, 0.717) is 10.7 Å². The molecule has 0 radical (unpaired) electrons. The fourth-order valence-corrected chi connectivity index (χ4v) is 3.41. The van der Waals surface area contributed by atoms with Crippen molar-refractivity contribution in [2.45, 2.75) is 18.2 Å². The Morgan fingerprint density at radius 2 is 2.22 bits per heavy atom. The molecule has 2 unspecified atom stereocenters. The number of hydrogen-bond acceptors (Lipinski definition) is 1. The zero-order valence-electron chi connectivity index (χ0n) is 10.00. The molecule has 0 N–H and O–H groups in total. The summed E-state index contributed by atoms with van der Waals surface area (Å²) in [6.45, 7) is 3.84. The molecule has 2 atom stereocenters. The van der Waals surface area contributed by atoms with Crippen LogP contribution in [0.15, 0.2) is 22.7 Å². The van der Waals surface area contributed by atoms with Crippen molar-refractivity contribution >= 4 is 60.4 Å². The molecular weight excluding hydrogens is 473 g/mol. The highest BCUT2D eigenvalue weighted by Crippen LogP contribution is 2.27. The molecule has 1 saturated heterocycles. The average molecular weight is 487 g/mol. The average Bonchev–Trinajstić information content (AvgIpc) is 2.35. The van der Waals surface area contributed by atoms with Crippen molar-refractivity contribution in [3.63, 3.8) is 0 Å². The van der Waals surface area contributed by atoms with Gasteiger partial charge in [0.25, 0.3) is 5.91 Å². The van der Waals surface area contributed by atoms with Gasteiger partial charge in [0.05, 0.1) is 5.56 Å². The molecule has 5 heteroatoms. The maximum Gasteiger partial charge on any atom is 0.255 e. The number of alkyl halides is 1. The lowest BCUT2D eigenvalue weighted by atomic mass is 9.99. The number of nitrogens with zero attached hydrogens (tertiary/aromatic N) is 1. The second-order valence-electron chi connectivity index (χ2n) is 4.66. The highest BCUT2D eigenvalue weighted by atomic mass is 127. The Hall–Kier alpha value is 0.380. The van der Waals surface area contributed by atoms with Gasteiger partial charge in [0.15, 0.2) is 0 Å². The van der Waals surface area contributed by atoms with Crippen LogP contribution in [0.3, 0.4) is 0 Å². The molecule has 1 aliphatic rings. The van der Waals surface area contributed by atoms with Gasteiger partial charge in [0.2, 0.25) is 0 Å². The standard InChI is InChI=1S/C13H14Br2INO/c1-8-7-17(5-4-11(8)14)13(18)10-6-9(16)2-3-12(10)15/h2-3,6,8,11H,4-5,7H2,1H3. The molecule has 1 aromatic carbocycles. The maximum atomic E-state index is 12.5. The van der Waals surface area contributed by atoms with Crippen molar-refractivity contribution in [3.8, 4) is 0 Å². The van der Waals surface area contributed by atoms with Crippen molar-refractivity contribution < 1.29 is 4.79 Å². The fourth-order valence-electron chi connectivity index (χ4n) is 2.13. The van der Waals surface area contributed by atoms with Gasteiger partial charge in [-0.2, -0.15) is 0 Å². The van der Waals surface area contributed by atoms with E-state index in [9.17, 15) is 4.79 Å². The number of piperidine rings is 1. The second-order valence-corrected chi connectivity index (χ2v) is 7.93. The predicted octanol–water partition coefficient (Wildman–Crippen LogP) is 4.30. The molecule has 2 nitrogen and oxygen atoms in total. The topological polar surface area (TPSA) is 20.3 Å². The van der Waals surface area contributed by atoms with Crippen LogP contribution < -0.4 is 0 Å². The first-order chi connectivity index (χ1) is 8.49. The largest absolute Gasteiger partial charge is 0.338 e. The number of benzene rings is 1. The van der Waals surface area contributed by atoms with Gasteiger partial charge in [-0.3, -0.25) is 4.79 Å². The van der Waals surface area contributed by atoms with E-state index in [1.165, 1.54) is 0 Å². The second kappa shape index (κ2) is 6.22. The van der Waals surface area contributed by atoms with Crippen LogP contribution in [-0.2, 0) is 0 Å². The quantitative estimate of drug-likeness (QED) is 0.428. The summed E-state index contributed by atoms with van der Waals surface area (Å²) >= 11 is 9.36. The van der Waals surface area contributed by atoms with Crippen LogP contribution in [0.2, 0.25) is 0 Å². The van der Waals surface area contributed by atoms with Crippen LogP contribution >= 0.6 is 54.5 Å². The molecule has 18 heavy (non-hydrogen) atoms. The van der Waals surface area contributed by atoms with Crippen molar-refractivity contribution in [1.82, 2.24) is 4.90 Å². The Morgan fingerprint density at radius 1 is 1.50 bits per heavy atom. The van der Waals surface area contributed by atoms with Gasteiger partial charge in [-0.15, -0.1) is 0 Å².